The molecule has 0 amide bonds. The summed E-state index contributed by atoms with van der Waals surface area (Å²) >= 11 is 0. The van der Waals surface area contributed by atoms with Gasteiger partial charge in [-0.3, -0.25) is 4.79 Å². The van der Waals surface area contributed by atoms with Gasteiger partial charge in [0.25, 0.3) is 0 Å². The lowest BCUT2D eigenvalue weighted by atomic mass is 9.72. The van der Waals surface area contributed by atoms with Crippen LogP contribution in [-0.4, -0.2) is 23.2 Å². The van der Waals surface area contributed by atoms with Crippen molar-refractivity contribution in [1.82, 2.24) is 5.32 Å². The maximum Gasteiger partial charge on any atom is 0.419 e. The van der Waals surface area contributed by atoms with Gasteiger partial charge < -0.3 is 15.2 Å². The normalized spacial score (nSPS) is 24.7. The zero-order valence-corrected chi connectivity index (χ0v) is 21.9. The van der Waals surface area contributed by atoms with Gasteiger partial charge in [0.15, 0.2) is 0 Å². The van der Waals surface area contributed by atoms with Crippen molar-refractivity contribution in [2.24, 2.45) is 17.3 Å². The van der Waals surface area contributed by atoms with Gasteiger partial charge in [0.05, 0.1) is 17.6 Å². The second kappa shape index (κ2) is 11.1. The Bertz CT molecular complexity index is 1080. The van der Waals surface area contributed by atoms with E-state index in [1.807, 2.05) is 24.3 Å². The van der Waals surface area contributed by atoms with Crippen LogP contribution in [0.15, 0.2) is 42.5 Å². The first kappa shape index (κ1) is 27.5. The van der Waals surface area contributed by atoms with Crippen LogP contribution in [0.3, 0.4) is 0 Å². The van der Waals surface area contributed by atoms with Crippen molar-refractivity contribution in [2.45, 2.75) is 90.6 Å². The number of nitrogens with one attached hydrogen (secondary N) is 1. The number of ether oxygens (including phenoxy) is 1. The second-order valence-electron chi connectivity index (χ2n) is 11.8. The summed E-state index contributed by atoms with van der Waals surface area (Å²) in [4.78, 5) is 11.2. The molecule has 2 saturated carbocycles. The molecule has 0 saturated heterocycles. The Morgan fingerprint density at radius 1 is 0.973 bits per heavy atom. The molecule has 4 rings (SSSR count). The number of halogens is 3. The highest BCUT2D eigenvalue weighted by molar-refractivity contribution is 5.70. The Labute approximate surface area is 217 Å². The Hall–Kier alpha value is -2.54. The number of benzene rings is 2. The molecule has 7 heteroatoms. The quantitative estimate of drug-likeness (QED) is 0.395. The Morgan fingerprint density at radius 3 is 2.30 bits per heavy atom. The molecule has 2 atom stereocenters. The van der Waals surface area contributed by atoms with E-state index in [1.165, 1.54) is 12.1 Å². The van der Waals surface area contributed by atoms with E-state index in [1.54, 1.807) is 6.07 Å². The number of alkyl halides is 3. The molecule has 0 aliphatic heterocycles. The number of carboxylic acid groups (broad SMARTS) is 1. The van der Waals surface area contributed by atoms with Crippen LogP contribution in [-0.2, 0) is 17.5 Å². The van der Waals surface area contributed by atoms with Crippen molar-refractivity contribution in [1.29, 1.82) is 0 Å². The van der Waals surface area contributed by atoms with Crippen molar-refractivity contribution in [2.75, 3.05) is 0 Å². The molecule has 0 bridgehead atoms. The molecule has 2 aromatic rings. The molecule has 2 aliphatic carbocycles. The first-order valence-corrected chi connectivity index (χ1v) is 13.3. The summed E-state index contributed by atoms with van der Waals surface area (Å²) in [6, 6.07) is 12.0. The van der Waals surface area contributed by atoms with Crippen LogP contribution in [0.5, 0.6) is 5.75 Å². The van der Waals surface area contributed by atoms with Gasteiger partial charge in [-0.05, 0) is 91.2 Å². The van der Waals surface area contributed by atoms with Crippen molar-refractivity contribution >= 4 is 5.97 Å². The number of rotatable bonds is 7. The van der Waals surface area contributed by atoms with Crippen LogP contribution in [0.2, 0.25) is 0 Å². The van der Waals surface area contributed by atoms with Crippen molar-refractivity contribution in [3.8, 4) is 16.9 Å². The van der Waals surface area contributed by atoms with E-state index in [-0.39, 0.29) is 29.2 Å². The molecule has 0 radical (unpaired) electrons. The first-order valence-electron chi connectivity index (χ1n) is 13.3. The third kappa shape index (κ3) is 7.07. The van der Waals surface area contributed by atoms with E-state index in [0.29, 0.717) is 36.4 Å². The van der Waals surface area contributed by atoms with Gasteiger partial charge in [0, 0.05) is 12.6 Å². The van der Waals surface area contributed by atoms with Crippen LogP contribution in [0, 0.1) is 17.3 Å². The molecular formula is C30H38F3NO3. The Kier molecular flexibility index (Phi) is 8.22. The maximum absolute atomic E-state index is 14.0. The summed E-state index contributed by atoms with van der Waals surface area (Å²) in [5.41, 5.74) is 1.60. The monoisotopic (exact) mass is 517 g/mol. The predicted octanol–water partition coefficient (Wildman–Crippen LogP) is 7.70. The Balaban J connectivity index is 1.45. The van der Waals surface area contributed by atoms with Crippen molar-refractivity contribution < 1.29 is 27.8 Å². The van der Waals surface area contributed by atoms with Gasteiger partial charge in [0.1, 0.15) is 5.75 Å². The highest BCUT2D eigenvalue weighted by atomic mass is 19.4. The van der Waals surface area contributed by atoms with Gasteiger partial charge in [-0.2, -0.15) is 13.2 Å². The lowest BCUT2D eigenvalue weighted by Gasteiger charge is -2.37. The molecule has 202 valence electrons. The lowest BCUT2D eigenvalue weighted by molar-refractivity contribution is -0.141. The summed E-state index contributed by atoms with van der Waals surface area (Å²) in [6.45, 7) is 7.19. The van der Waals surface area contributed by atoms with E-state index in [0.717, 1.165) is 37.7 Å². The minimum atomic E-state index is -4.52. The smallest absolute Gasteiger partial charge is 0.419 e. The molecule has 37 heavy (non-hydrogen) atoms. The molecular weight excluding hydrogens is 479 g/mol. The van der Waals surface area contributed by atoms with Gasteiger partial charge >= 0.3 is 12.1 Å². The van der Waals surface area contributed by atoms with Crippen molar-refractivity contribution in [3.05, 3.63) is 53.6 Å². The topological polar surface area (TPSA) is 58.6 Å². The average molecular weight is 518 g/mol. The fourth-order valence-electron chi connectivity index (χ4n) is 5.77. The van der Waals surface area contributed by atoms with Crippen LogP contribution in [0.4, 0.5) is 13.2 Å². The fraction of sp³-hybridized carbons (Fsp3) is 0.567. The van der Waals surface area contributed by atoms with Crippen LogP contribution < -0.4 is 10.1 Å². The summed E-state index contributed by atoms with van der Waals surface area (Å²) in [6.07, 6.45) is 0.827. The van der Waals surface area contributed by atoms with Crippen molar-refractivity contribution in [3.63, 3.8) is 0 Å². The van der Waals surface area contributed by atoms with E-state index in [9.17, 15) is 23.1 Å². The predicted molar refractivity (Wildman–Crippen MR) is 138 cm³/mol. The molecule has 2 aliphatic rings. The van der Waals surface area contributed by atoms with Crippen LogP contribution >= 0.6 is 0 Å². The highest BCUT2D eigenvalue weighted by Crippen LogP contribution is 2.42. The molecule has 2 aromatic carbocycles. The number of carbonyl (C=O) groups is 1. The zero-order chi connectivity index (χ0) is 26.8. The summed E-state index contributed by atoms with van der Waals surface area (Å²) in [5.74, 6) is -0.594. The minimum absolute atomic E-state index is 0.0949. The van der Waals surface area contributed by atoms with Gasteiger partial charge in [-0.1, -0.05) is 45.0 Å². The largest absolute Gasteiger partial charge is 0.490 e. The zero-order valence-electron chi connectivity index (χ0n) is 21.9. The fourth-order valence-corrected chi connectivity index (χ4v) is 5.77. The Morgan fingerprint density at radius 2 is 1.68 bits per heavy atom. The maximum atomic E-state index is 14.0. The third-order valence-electron chi connectivity index (χ3n) is 8.11. The number of carboxylic acids is 1. The summed E-state index contributed by atoms with van der Waals surface area (Å²) in [5, 5.41) is 12.6. The number of hydrogen-bond acceptors (Lipinski definition) is 3. The van der Waals surface area contributed by atoms with Crippen LogP contribution in [0.25, 0.3) is 11.1 Å². The van der Waals surface area contributed by atoms with Gasteiger partial charge in [-0.25, -0.2) is 0 Å². The molecule has 0 spiro atoms. The minimum Gasteiger partial charge on any atom is -0.490 e. The molecule has 2 N–H and O–H groups in total. The molecule has 0 aromatic heterocycles. The molecule has 2 fully saturated rings. The first-order chi connectivity index (χ1) is 17.4. The summed E-state index contributed by atoms with van der Waals surface area (Å²) in [7, 11) is 0. The van der Waals surface area contributed by atoms with E-state index < -0.39 is 17.7 Å². The highest BCUT2D eigenvalue weighted by Gasteiger charge is 2.37. The average Bonchev–Trinajstić information content (AvgIpc) is 3.32. The van der Waals surface area contributed by atoms with E-state index in [2.05, 4.69) is 26.1 Å². The summed E-state index contributed by atoms with van der Waals surface area (Å²) < 4.78 is 48.1. The van der Waals surface area contributed by atoms with E-state index >= 15 is 0 Å². The van der Waals surface area contributed by atoms with Gasteiger partial charge in [-0.15, -0.1) is 0 Å². The third-order valence-corrected chi connectivity index (χ3v) is 8.11. The molecule has 0 heterocycles. The SMILES string of the molecule is CC(C)(C)[C@H]1CC[C@H](Oc2ccc(-c3cccc(CNC4CCC(C(=O)O)C4)c3)cc2C(F)(F)F)CC1. The lowest BCUT2D eigenvalue weighted by Crippen LogP contribution is -2.30. The molecule has 4 nitrogen and oxygen atoms in total. The number of aliphatic carboxylic acids is 1. The van der Waals surface area contributed by atoms with E-state index in [4.69, 9.17) is 4.74 Å². The molecule has 2 unspecified atom stereocenters. The number of hydrogen-bond donors (Lipinski definition) is 2. The second-order valence-corrected chi connectivity index (χ2v) is 11.8. The van der Waals surface area contributed by atoms with Gasteiger partial charge in [0.2, 0.25) is 0 Å². The standard InChI is InChI=1S/C30H38F3NO3/c1-29(2,3)23-9-12-25(13-10-23)37-27-14-8-21(17-26(27)30(31,32)33)20-6-4-5-19(15-20)18-34-24-11-7-22(16-24)28(35)36/h4-6,8,14-15,17,22-25,34H,7,9-13,16,18H2,1-3H3,(H,35,36)/t22?,23-,24?,25-. The van der Waals surface area contributed by atoms with Crippen LogP contribution in [0.1, 0.15) is 76.8 Å².